The molecule has 0 bridgehead atoms. The van der Waals surface area contributed by atoms with Gasteiger partial charge in [-0.05, 0) is 36.2 Å². The lowest BCUT2D eigenvalue weighted by Crippen LogP contribution is -2.37. The summed E-state index contributed by atoms with van der Waals surface area (Å²) in [5.41, 5.74) is 4.04. The van der Waals surface area contributed by atoms with Crippen LogP contribution in [0.3, 0.4) is 0 Å². The number of hydrogen-bond donors (Lipinski definition) is 1. The average molecular weight is 398 g/mol. The number of furan rings is 1. The first kappa shape index (κ1) is 18.4. The average Bonchev–Trinajstić information content (AvgIpc) is 3.24. The van der Waals surface area contributed by atoms with Gasteiger partial charge in [-0.15, -0.1) is 0 Å². The number of carbonyl (C=O) groups is 2. The van der Waals surface area contributed by atoms with E-state index >= 15 is 0 Å². The van der Waals surface area contributed by atoms with Gasteiger partial charge in [-0.3, -0.25) is 14.5 Å². The van der Waals surface area contributed by atoms with Gasteiger partial charge in [0.05, 0.1) is 23.7 Å². The molecule has 30 heavy (non-hydrogen) atoms. The highest BCUT2D eigenvalue weighted by Crippen LogP contribution is 2.47. The van der Waals surface area contributed by atoms with E-state index in [4.69, 9.17) is 4.42 Å². The number of anilines is 2. The van der Waals surface area contributed by atoms with Crippen molar-refractivity contribution in [2.75, 3.05) is 10.2 Å². The van der Waals surface area contributed by atoms with Crippen LogP contribution in [-0.4, -0.2) is 11.7 Å². The number of carbonyl (C=O) groups excluding carboxylic acids is 2. The molecule has 0 saturated heterocycles. The van der Waals surface area contributed by atoms with Gasteiger partial charge in [0.1, 0.15) is 5.76 Å². The highest BCUT2D eigenvalue weighted by atomic mass is 16.3. The van der Waals surface area contributed by atoms with Crippen molar-refractivity contribution in [3.8, 4) is 0 Å². The molecule has 0 fully saturated rings. The number of amides is 1. The minimum absolute atomic E-state index is 0.0220. The lowest BCUT2D eigenvalue weighted by atomic mass is 9.80. The number of nitrogens with zero attached hydrogens (tertiary/aromatic N) is 1. The Labute approximate surface area is 175 Å². The summed E-state index contributed by atoms with van der Waals surface area (Å²) in [5.74, 6) is 0.728. The van der Waals surface area contributed by atoms with Gasteiger partial charge in [0.25, 0.3) is 0 Å². The zero-order valence-electron chi connectivity index (χ0n) is 16.7. The third-order valence-corrected chi connectivity index (χ3v) is 5.89. The lowest BCUT2D eigenvalue weighted by Gasteiger charge is -2.34. The Morgan fingerprint density at radius 1 is 1.00 bits per heavy atom. The van der Waals surface area contributed by atoms with Crippen molar-refractivity contribution >= 4 is 23.1 Å². The van der Waals surface area contributed by atoms with Crippen molar-refractivity contribution in [1.29, 1.82) is 0 Å². The summed E-state index contributed by atoms with van der Waals surface area (Å²) in [7, 11) is 0. The molecule has 5 heteroatoms. The second kappa shape index (κ2) is 7.34. The van der Waals surface area contributed by atoms with Crippen molar-refractivity contribution in [3.63, 3.8) is 0 Å². The van der Waals surface area contributed by atoms with Crippen LogP contribution in [0.15, 0.2) is 88.7 Å². The fraction of sp³-hybridized carbons (Fsp3) is 0.200. The van der Waals surface area contributed by atoms with Crippen LogP contribution in [-0.2, 0) is 9.59 Å². The predicted molar refractivity (Wildman–Crippen MR) is 115 cm³/mol. The fourth-order valence-electron chi connectivity index (χ4n) is 4.61. The van der Waals surface area contributed by atoms with Gasteiger partial charge in [0, 0.05) is 30.5 Å². The molecule has 1 amide bonds. The summed E-state index contributed by atoms with van der Waals surface area (Å²) >= 11 is 0. The Hall–Kier alpha value is -3.60. The van der Waals surface area contributed by atoms with Gasteiger partial charge in [-0.1, -0.05) is 42.5 Å². The van der Waals surface area contributed by atoms with Gasteiger partial charge in [-0.2, -0.15) is 0 Å². The topological polar surface area (TPSA) is 62.6 Å². The van der Waals surface area contributed by atoms with Crippen molar-refractivity contribution in [3.05, 3.63) is 95.6 Å². The number of rotatable bonds is 2. The molecule has 0 unspecified atom stereocenters. The van der Waals surface area contributed by atoms with Crippen molar-refractivity contribution in [1.82, 2.24) is 0 Å². The van der Waals surface area contributed by atoms with Gasteiger partial charge >= 0.3 is 0 Å². The third-order valence-electron chi connectivity index (χ3n) is 5.89. The van der Waals surface area contributed by atoms with E-state index in [1.54, 1.807) is 18.1 Å². The summed E-state index contributed by atoms with van der Waals surface area (Å²) < 4.78 is 5.61. The van der Waals surface area contributed by atoms with Crippen LogP contribution >= 0.6 is 0 Å². The van der Waals surface area contributed by atoms with Crippen molar-refractivity contribution in [2.24, 2.45) is 0 Å². The van der Waals surface area contributed by atoms with E-state index in [0.717, 1.165) is 28.4 Å². The van der Waals surface area contributed by atoms with Crippen LogP contribution in [0, 0.1) is 0 Å². The third kappa shape index (κ3) is 3.03. The molecule has 5 rings (SSSR count). The van der Waals surface area contributed by atoms with E-state index in [0.29, 0.717) is 18.4 Å². The molecule has 0 radical (unpaired) electrons. The zero-order valence-corrected chi connectivity index (χ0v) is 16.7. The monoisotopic (exact) mass is 398 g/mol. The van der Waals surface area contributed by atoms with Crippen LogP contribution in [0.25, 0.3) is 0 Å². The van der Waals surface area contributed by atoms with Crippen molar-refractivity contribution in [2.45, 2.75) is 31.7 Å². The minimum atomic E-state index is -0.472. The zero-order chi connectivity index (χ0) is 20.7. The maximum absolute atomic E-state index is 13.5. The molecule has 0 spiro atoms. The molecule has 150 valence electrons. The molecule has 1 aliphatic carbocycles. The van der Waals surface area contributed by atoms with Crippen LogP contribution < -0.4 is 10.2 Å². The van der Waals surface area contributed by atoms with E-state index < -0.39 is 6.04 Å². The molecule has 0 saturated carbocycles. The maximum Gasteiger partial charge on any atom is 0.224 e. The van der Waals surface area contributed by atoms with Crippen LogP contribution in [0.5, 0.6) is 0 Å². The van der Waals surface area contributed by atoms with E-state index in [1.807, 2.05) is 66.7 Å². The quantitative estimate of drug-likeness (QED) is 0.644. The Morgan fingerprint density at radius 3 is 2.50 bits per heavy atom. The number of fused-ring (bicyclic) bond motifs is 1. The maximum atomic E-state index is 13.5. The van der Waals surface area contributed by atoms with E-state index in [9.17, 15) is 9.59 Å². The Balaban J connectivity index is 1.72. The molecule has 5 nitrogen and oxygen atoms in total. The van der Waals surface area contributed by atoms with E-state index in [-0.39, 0.29) is 17.6 Å². The summed E-state index contributed by atoms with van der Waals surface area (Å²) in [6.07, 6.45) is 2.65. The van der Waals surface area contributed by atoms with Crippen LogP contribution in [0.1, 0.15) is 43.0 Å². The summed E-state index contributed by atoms with van der Waals surface area (Å²) in [6.45, 7) is 1.55. The number of allylic oxidation sites excluding steroid dienone is 1. The van der Waals surface area contributed by atoms with Crippen LogP contribution in [0.2, 0.25) is 0 Å². The summed E-state index contributed by atoms with van der Waals surface area (Å²) in [6, 6.07) is 20.8. The first-order chi connectivity index (χ1) is 14.6. The number of hydrogen-bond acceptors (Lipinski definition) is 4. The van der Waals surface area contributed by atoms with E-state index in [2.05, 4.69) is 5.32 Å². The highest BCUT2D eigenvalue weighted by Gasteiger charge is 2.41. The Morgan fingerprint density at radius 2 is 1.77 bits per heavy atom. The van der Waals surface area contributed by atoms with Crippen LogP contribution in [0.4, 0.5) is 11.4 Å². The summed E-state index contributed by atoms with van der Waals surface area (Å²) in [4.78, 5) is 28.1. The van der Waals surface area contributed by atoms with E-state index in [1.165, 1.54) is 0 Å². The standard InChI is InChI=1S/C25H22N2O3/c1-16(28)27-21-11-6-5-10-19(21)26-20-14-18(23-12-7-13-30-23)15-22(29)24(20)25(27)17-8-3-2-4-9-17/h2-13,18,25-26H,14-15H2,1H3/t18-,25-/m0/s1. The Kier molecular flexibility index (Phi) is 4.51. The SMILES string of the molecule is CC(=O)N1c2ccccc2NC2=C(C(=O)C[C@@H](c3ccco3)C2)[C@@H]1c1ccccc1. The lowest BCUT2D eigenvalue weighted by molar-refractivity contribution is -0.117. The largest absolute Gasteiger partial charge is 0.469 e. The molecule has 1 N–H and O–H groups in total. The second-order valence-electron chi connectivity index (χ2n) is 7.78. The molecular formula is C25H22N2O3. The number of ketones is 1. The van der Waals surface area contributed by atoms with Gasteiger partial charge in [0.15, 0.2) is 5.78 Å². The highest BCUT2D eigenvalue weighted by molar-refractivity contribution is 6.05. The van der Waals surface area contributed by atoms with Gasteiger partial charge < -0.3 is 9.73 Å². The molecule has 1 aromatic heterocycles. The number of benzene rings is 2. The predicted octanol–water partition coefficient (Wildman–Crippen LogP) is 5.20. The first-order valence-electron chi connectivity index (χ1n) is 10.1. The first-order valence-corrected chi connectivity index (χ1v) is 10.1. The number of Topliss-reactive ketones (excluding diaryl/α,β-unsaturated/α-hetero) is 1. The molecule has 1 aliphatic heterocycles. The number of para-hydroxylation sites is 2. The van der Waals surface area contributed by atoms with Gasteiger partial charge in [0.2, 0.25) is 5.91 Å². The van der Waals surface area contributed by atoms with Crippen molar-refractivity contribution < 1.29 is 14.0 Å². The molecule has 2 atom stereocenters. The summed E-state index contributed by atoms with van der Waals surface area (Å²) in [5, 5.41) is 3.49. The molecule has 2 aliphatic rings. The fourth-order valence-corrected chi connectivity index (χ4v) is 4.61. The van der Waals surface area contributed by atoms with Gasteiger partial charge in [-0.25, -0.2) is 0 Å². The molecule has 3 aromatic rings. The second-order valence-corrected chi connectivity index (χ2v) is 7.78. The smallest absolute Gasteiger partial charge is 0.224 e. The number of nitrogens with one attached hydrogen (secondary N) is 1. The molecular weight excluding hydrogens is 376 g/mol. The minimum Gasteiger partial charge on any atom is -0.469 e. The molecule has 2 heterocycles. The molecule has 2 aromatic carbocycles. The normalized spacial score (nSPS) is 20.8. The Bertz CT molecular complexity index is 1130.